The molecule has 0 saturated carbocycles. The van der Waals surface area contributed by atoms with Gasteiger partial charge in [0.05, 0.1) is 13.0 Å². The highest BCUT2D eigenvalue weighted by Gasteiger charge is 2.08. The van der Waals surface area contributed by atoms with E-state index in [1.165, 1.54) is 5.56 Å². The van der Waals surface area contributed by atoms with Gasteiger partial charge in [0, 0.05) is 24.7 Å². The smallest absolute Gasteiger partial charge is 0.307 e. The molecule has 0 saturated heterocycles. The van der Waals surface area contributed by atoms with Crippen molar-refractivity contribution in [3.63, 3.8) is 0 Å². The molecular formula is C15H22ClNO2. The predicted molar refractivity (Wildman–Crippen MR) is 80.0 cm³/mol. The van der Waals surface area contributed by atoms with Gasteiger partial charge in [-0.2, -0.15) is 0 Å². The maximum absolute atomic E-state index is 11.5. The zero-order chi connectivity index (χ0) is 14.1. The number of ether oxygens (including phenoxy) is 1. The third-order valence-corrected chi connectivity index (χ3v) is 3.14. The van der Waals surface area contributed by atoms with Gasteiger partial charge in [-0.25, -0.2) is 0 Å². The third-order valence-electron chi connectivity index (χ3n) is 2.88. The van der Waals surface area contributed by atoms with Gasteiger partial charge < -0.3 is 9.64 Å². The minimum Gasteiger partial charge on any atom is -0.466 e. The molecule has 0 fully saturated rings. The summed E-state index contributed by atoms with van der Waals surface area (Å²) in [4.78, 5) is 13.7. The van der Waals surface area contributed by atoms with E-state index < -0.39 is 0 Å². The molecule has 0 aliphatic heterocycles. The second-order valence-corrected chi connectivity index (χ2v) is 4.81. The van der Waals surface area contributed by atoms with Gasteiger partial charge in [0.2, 0.25) is 0 Å². The van der Waals surface area contributed by atoms with Crippen LogP contribution in [-0.2, 0) is 9.53 Å². The molecule has 1 aromatic carbocycles. The monoisotopic (exact) mass is 283 g/mol. The minimum absolute atomic E-state index is 0.156. The molecule has 1 aromatic rings. The highest BCUT2D eigenvalue weighted by molar-refractivity contribution is 6.17. The number of hydrogen-bond donors (Lipinski definition) is 0. The first-order valence-electron chi connectivity index (χ1n) is 6.70. The lowest BCUT2D eigenvalue weighted by atomic mass is 10.2. The van der Waals surface area contributed by atoms with Gasteiger partial charge in [0.1, 0.15) is 0 Å². The standard InChI is InChI=1S/C15H22ClNO2/c1-3-17(14-7-4-6-13(2)12-14)10-8-15(18)19-11-5-9-16/h4,6-7,12H,3,5,8-11H2,1-2H3. The molecule has 0 atom stereocenters. The molecule has 106 valence electrons. The van der Waals surface area contributed by atoms with Crippen molar-refractivity contribution in [3.8, 4) is 0 Å². The first-order valence-corrected chi connectivity index (χ1v) is 7.24. The van der Waals surface area contributed by atoms with Crippen molar-refractivity contribution in [2.45, 2.75) is 26.7 Å². The number of esters is 1. The zero-order valence-electron chi connectivity index (χ0n) is 11.7. The topological polar surface area (TPSA) is 29.5 Å². The van der Waals surface area contributed by atoms with Crippen LogP contribution in [0.3, 0.4) is 0 Å². The fourth-order valence-electron chi connectivity index (χ4n) is 1.83. The summed E-state index contributed by atoms with van der Waals surface area (Å²) < 4.78 is 5.09. The van der Waals surface area contributed by atoms with Gasteiger partial charge in [-0.1, -0.05) is 12.1 Å². The van der Waals surface area contributed by atoms with E-state index in [4.69, 9.17) is 16.3 Å². The Hall–Kier alpha value is -1.22. The highest BCUT2D eigenvalue weighted by Crippen LogP contribution is 2.15. The van der Waals surface area contributed by atoms with Crippen LogP contribution in [0.5, 0.6) is 0 Å². The van der Waals surface area contributed by atoms with E-state index in [0.717, 1.165) is 12.2 Å². The maximum atomic E-state index is 11.5. The molecule has 0 aromatic heterocycles. The first kappa shape index (κ1) is 15.8. The molecule has 1 rings (SSSR count). The molecule has 0 N–H and O–H groups in total. The lowest BCUT2D eigenvalue weighted by molar-refractivity contribution is -0.143. The molecule has 0 unspecified atom stereocenters. The van der Waals surface area contributed by atoms with Crippen LogP contribution in [0.25, 0.3) is 0 Å². The number of benzene rings is 1. The van der Waals surface area contributed by atoms with E-state index in [-0.39, 0.29) is 5.97 Å². The summed E-state index contributed by atoms with van der Waals surface area (Å²) in [5.41, 5.74) is 2.37. The van der Waals surface area contributed by atoms with Gasteiger partial charge in [0.25, 0.3) is 0 Å². The number of anilines is 1. The Labute approximate surface area is 120 Å². The second kappa shape index (κ2) is 8.81. The molecular weight excluding hydrogens is 262 g/mol. The lowest BCUT2D eigenvalue weighted by Gasteiger charge is -2.23. The summed E-state index contributed by atoms with van der Waals surface area (Å²) >= 11 is 5.53. The summed E-state index contributed by atoms with van der Waals surface area (Å²) in [6.07, 6.45) is 1.12. The van der Waals surface area contributed by atoms with Crippen LogP contribution in [0.15, 0.2) is 24.3 Å². The van der Waals surface area contributed by atoms with Crippen molar-refractivity contribution < 1.29 is 9.53 Å². The number of rotatable bonds is 8. The molecule has 0 aliphatic rings. The molecule has 4 heteroatoms. The van der Waals surface area contributed by atoms with E-state index in [0.29, 0.717) is 31.9 Å². The van der Waals surface area contributed by atoms with Crippen molar-refractivity contribution >= 4 is 23.3 Å². The third kappa shape index (κ3) is 5.97. The van der Waals surface area contributed by atoms with E-state index in [2.05, 4.69) is 36.9 Å². The van der Waals surface area contributed by atoms with E-state index in [9.17, 15) is 4.79 Å². The van der Waals surface area contributed by atoms with Crippen molar-refractivity contribution in [3.05, 3.63) is 29.8 Å². The van der Waals surface area contributed by atoms with Crippen LogP contribution in [0.1, 0.15) is 25.3 Å². The molecule has 3 nitrogen and oxygen atoms in total. The van der Waals surface area contributed by atoms with Crippen molar-refractivity contribution in [1.82, 2.24) is 0 Å². The Morgan fingerprint density at radius 3 is 2.84 bits per heavy atom. The molecule has 0 bridgehead atoms. The molecule has 0 amide bonds. The van der Waals surface area contributed by atoms with Crippen LogP contribution in [-0.4, -0.2) is 31.5 Å². The van der Waals surface area contributed by atoms with Gasteiger partial charge in [-0.3, -0.25) is 4.79 Å². The number of alkyl halides is 1. The number of aryl methyl sites for hydroxylation is 1. The Morgan fingerprint density at radius 2 is 2.21 bits per heavy atom. The number of halogens is 1. The zero-order valence-corrected chi connectivity index (χ0v) is 12.4. The van der Waals surface area contributed by atoms with Gasteiger partial charge in [-0.15, -0.1) is 11.6 Å². The summed E-state index contributed by atoms with van der Waals surface area (Å²) in [6.45, 7) is 6.12. The number of carbonyl (C=O) groups is 1. The Balaban J connectivity index is 2.42. The molecule has 0 spiro atoms. The first-order chi connectivity index (χ1) is 9.17. The SMILES string of the molecule is CCN(CCC(=O)OCCCCl)c1cccc(C)c1. The second-order valence-electron chi connectivity index (χ2n) is 4.43. The number of hydrogen-bond acceptors (Lipinski definition) is 3. The van der Waals surface area contributed by atoms with Crippen LogP contribution in [0.4, 0.5) is 5.69 Å². The molecule has 0 heterocycles. The van der Waals surface area contributed by atoms with Crippen LogP contribution in [0, 0.1) is 6.92 Å². The summed E-state index contributed by atoms with van der Waals surface area (Å²) in [6, 6.07) is 8.29. The minimum atomic E-state index is -0.156. The van der Waals surface area contributed by atoms with Gasteiger partial charge in [-0.05, 0) is 38.0 Å². The van der Waals surface area contributed by atoms with E-state index in [1.807, 2.05) is 6.07 Å². The maximum Gasteiger partial charge on any atom is 0.307 e. The number of nitrogens with zero attached hydrogens (tertiary/aromatic N) is 1. The van der Waals surface area contributed by atoms with E-state index in [1.54, 1.807) is 0 Å². The average Bonchev–Trinajstić information content (AvgIpc) is 2.40. The predicted octanol–water partition coefficient (Wildman–Crippen LogP) is 3.38. The fraction of sp³-hybridized carbons (Fsp3) is 0.533. The Kier molecular flexibility index (Phi) is 7.34. The summed E-state index contributed by atoms with van der Waals surface area (Å²) in [7, 11) is 0. The van der Waals surface area contributed by atoms with Crippen LogP contribution >= 0.6 is 11.6 Å². The van der Waals surface area contributed by atoms with E-state index >= 15 is 0 Å². The highest BCUT2D eigenvalue weighted by atomic mass is 35.5. The lowest BCUT2D eigenvalue weighted by Crippen LogP contribution is -2.26. The Morgan fingerprint density at radius 1 is 1.42 bits per heavy atom. The van der Waals surface area contributed by atoms with Crippen molar-refractivity contribution in [2.75, 3.05) is 30.5 Å². The molecule has 0 radical (unpaired) electrons. The quantitative estimate of drug-likeness (QED) is 0.416. The molecule has 19 heavy (non-hydrogen) atoms. The van der Waals surface area contributed by atoms with Crippen molar-refractivity contribution in [2.24, 2.45) is 0 Å². The largest absolute Gasteiger partial charge is 0.466 e. The normalized spacial score (nSPS) is 10.3. The average molecular weight is 284 g/mol. The van der Waals surface area contributed by atoms with Gasteiger partial charge in [0.15, 0.2) is 0 Å². The Bertz CT molecular complexity index is 395. The van der Waals surface area contributed by atoms with Crippen LogP contribution < -0.4 is 4.90 Å². The summed E-state index contributed by atoms with van der Waals surface area (Å²) in [5.74, 6) is 0.369. The number of carbonyl (C=O) groups excluding carboxylic acids is 1. The molecule has 0 aliphatic carbocycles. The van der Waals surface area contributed by atoms with Gasteiger partial charge >= 0.3 is 5.97 Å². The van der Waals surface area contributed by atoms with Crippen molar-refractivity contribution in [1.29, 1.82) is 0 Å². The summed E-state index contributed by atoms with van der Waals surface area (Å²) in [5, 5.41) is 0. The van der Waals surface area contributed by atoms with Crippen LogP contribution in [0.2, 0.25) is 0 Å². The fourth-order valence-corrected chi connectivity index (χ4v) is 1.94.